The van der Waals surface area contributed by atoms with Gasteiger partial charge in [0.25, 0.3) is 0 Å². The second-order valence-electron chi connectivity index (χ2n) is 12.3. The minimum Gasteiger partial charge on any atom is -1.00 e. The summed E-state index contributed by atoms with van der Waals surface area (Å²) in [6.45, 7) is 15.5. The predicted molar refractivity (Wildman–Crippen MR) is 154 cm³/mol. The zero-order valence-electron chi connectivity index (χ0n) is 24.4. The lowest BCUT2D eigenvalue weighted by molar-refractivity contribution is -0.904. The van der Waals surface area contributed by atoms with Gasteiger partial charge < -0.3 is 31.3 Å². The van der Waals surface area contributed by atoms with Gasteiger partial charge in [-0.3, -0.25) is 0 Å². The van der Waals surface area contributed by atoms with Crippen molar-refractivity contribution in [2.24, 2.45) is 5.41 Å². The lowest BCUT2D eigenvalue weighted by Crippen LogP contribution is -3.00. The monoisotopic (exact) mass is 542 g/mol. The van der Waals surface area contributed by atoms with Gasteiger partial charge in [0.2, 0.25) is 0 Å². The number of quaternary nitrogens is 1. The molecule has 4 nitrogen and oxygen atoms in total. The molecule has 0 N–H and O–H groups in total. The molecule has 0 amide bonds. The summed E-state index contributed by atoms with van der Waals surface area (Å²) < 4.78 is 12.6. The first-order valence-corrected chi connectivity index (χ1v) is 12.5. The van der Waals surface area contributed by atoms with Gasteiger partial charge in [-0.1, -0.05) is 77.1 Å². The van der Waals surface area contributed by atoms with Crippen molar-refractivity contribution >= 4 is 12.4 Å². The molecule has 0 spiro atoms. The van der Waals surface area contributed by atoms with Crippen molar-refractivity contribution in [1.82, 2.24) is 4.90 Å². The first-order valence-electron chi connectivity index (χ1n) is 12.5. The van der Waals surface area contributed by atoms with Crippen LogP contribution >= 0.6 is 12.4 Å². The van der Waals surface area contributed by atoms with E-state index in [2.05, 4.69) is 103 Å². The molecule has 0 unspecified atom stereocenters. The van der Waals surface area contributed by atoms with Crippen LogP contribution in [-0.4, -0.2) is 71.0 Å². The van der Waals surface area contributed by atoms with Crippen molar-refractivity contribution in [3.05, 3.63) is 65.7 Å². The molecule has 0 saturated carbocycles. The topological polar surface area (TPSA) is 21.7 Å². The lowest BCUT2D eigenvalue weighted by Gasteiger charge is -2.33. The maximum absolute atomic E-state index is 5.87. The van der Waals surface area contributed by atoms with Gasteiger partial charge >= 0.3 is 0 Å². The number of rotatable bonds is 11. The molecule has 0 heterocycles. The molecule has 0 bridgehead atoms. The normalized spacial score (nSPS) is 11.6. The molecule has 0 aliphatic rings. The molecule has 36 heavy (non-hydrogen) atoms. The van der Waals surface area contributed by atoms with Crippen LogP contribution in [-0.2, 0) is 16.7 Å². The Labute approximate surface area is 234 Å². The van der Waals surface area contributed by atoms with Crippen LogP contribution < -0.4 is 17.1 Å². The van der Waals surface area contributed by atoms with Crippen molar-refractivity contribution in [2.45, 2.75) is 53.0 Å². The minimum absolute atomic E-state index is 0. The molecule has 6 heteroatoms. The predicted octanol–water partition coefficient (Wildman–Crippen LogP) is 3.68. The number of nitrogens with zero attached hydrogens (tertiary/aromatic N) is 2. The van der Waals surface area contributed by atoms with E-state index in [1.54, 1.807) is 0 Å². The first kappa shape index (κ1) is 36.9. The van der Waals surface area contributed by atoms with Crippen molar-refractivity contribution in [3.63, 3.8) is 0 Å². The highest BCUT2D eigenvalue weighted by Gasteiger charge is 2.27. The first-order chi connectivity index (χ1) is 15.7. The number of hydrogen-bond donors (Lipinski definition) is 0. The maximum Gasteiger partial charge on any atom is 0.119 e. The molecule has 0 aliphatic carbocycles. The maximum atomic E-state index is 5.87. The fourth-order valence-corrected chi connectivity index (χ4v) is 4.22. The summed E-state index contributed by atoms with van der Waals surface area (Å²) in [5, 5.41) is 0. The van der Waals surface area contributed by atoms with Gasteiger partial charge in [-0.05, 0) is 56.1 Å². The third kappa shape index (κ3) is 17.2. The summed E-state index contributed by atoms with van der Waals surface area (Å²) in [5.74, 6) is 0.911. The Morgan fingerprint density at radius 2 is 1.31 bits per heavy atom. The van der Waals surface area contributed by atoms with E-state index >= 15 is 0 Å². The Morgan fingerprint density at radius 3 is 1.81 bits per heavy atom. The number of hydrogen-bond acceptors (Lipinski definition) is 3. The van der Waals surface area contributed by atoms with E-state index in [0.717, 1.165) is 36.3 Å². The lowest BCUT2D eigenvalue weighted by atomic mass is 9.72. The highest BCUT2D eigenvalue weighted by Crippen LogP contribution is 2.36. The smallest absolute Gasteiger partial charge is 0.119 e. The quantitative estimate of drug-likeness (QED) is 0.319. The number of ether oxygens (including phenoxy) is 2. The highest BCUT2D eigenvalue weighted by atomic mass is 35.5. The summed E-state index contributed by atoms with van der Waals surface area (Å²) >= 11 is 0. The highest BCUT2D eigenvalue weighted by molar-refractivity contribution is 5.85. The van der Waals surface area contributed by atoms with Crippen LogP contribution in [0.4, 0.5) is 0 Å². The van der Waals surface area contributed by atoms with Crippen molar-refractivity contribution in [1.29, 1.82) is 0 Å². The third-order valence-corrected chi connectivity index (χ3v) is 5.40. The second-order valence-corrected chi connectivity index (χ2v) is 12.3. The standard InChI is InChI=1S/C27H42NO2.C3H9N.2ClH/c1-26(2,3)22-27(4,5)24-13-15-25(16-14-24)30-20-19-29-18-17-28(6,7)21-23-11-9-8-10-12-23;1-4(2)3;;/h8-16H,17-22H2,1-7H3;1-3H3;2*1H/q+1;;;/p-1. The molecular formula is C30H52Cl2N2O2. The van der Waals surface area contributed by atoms with Gasteiger partial charge in [-0.2, -0.15) is 0 Å². The van der Waals surface area contributed by atoms with E-state index < -0.39 is 0 Å². The van der Waals surface area contributed by atoms with E-state index in [1.807, 2.05) is 26.0 Å². The number of benzene rings is 2. The minimum atomic E-state index is 0. The van der Waals surface area contributed by atoms with E-state index in [1.165, 1.54) is 11.1 Å². The zero-order chi connectivity index (χ0) is 25.8. The number of halogens is 2. The van der Waals surface area contributed by atoms with Gasteiger partial charge in [-0.15, -0.1) is 12.4 Å². The molecule has 2 rings (SSSR count). The summed E-state index contributed by atoms with van der Waals surface area (Å²) in [6.07, 6.45) is 1.15. The Bertz CT molecular complexity index is 799. The van der Waals surface area contributed by atoms with Crippen LogP contribution in [0.15, 0.2) is 54.6 Å². The van der Waals surface area contributed by atoms with Gasteiger partial charge in [-0.25, -0.2) is 0 Å². The van der Waals surface area contributed by atoms with Crippen LogP contribution in [0.25, 0.3) is 0 Å². The molecule has 2 aromatic carbocycles. The van der Waals surface area contributed by atoms with Crippen LogP contribution in [0.5, 0.6) is 5.75 Å². The molecule has 0 saturated heterocycles. The zero-order valence-corrected chi connectivity index (χ0v) is 26.0. The summed E-state index contributed by atoms with van der Waals surface area (Å²) in [4.78, 5) is 2.00. The molecule has 0 atom stereocenters. The molecule has 2 aromatic rings. The van der Waals surface area contributed by atoms with Gasteiger partial charge in [0, 0.05) is 5.56 Å². The average Bonchev–Trinajstić information content (AvgIpc) is 2.69. The SMILES string of the molecule is CC(C)(C)CC(C)(C)c1ccc(OCCOCC[N+](C)(C)Cc2ccccc2)cc1.CN(C)C.Cl.[Cl-]. The summed E-state index contributed by atoms with van der Waals surface area (Å²) in [7, 11) is 10.5. The fourth-order valence-electron chi connectivity index (χ4n) is 4.22. The molecule has 0 fully saturated rings. The number of likely N-dealkylation sites (N-methyl/N-ethyl adjacent to an activating group) is 1. The van der Waals surface area contributed by atoms with Gasteiger partial charge in [0.15, 0.2) is 0 Å². The van der Waals surface area contributed by atoms with Crippen molar-refractivity contribution < 1.29 is 26.4 Å². The Hall–Kier alpha value is -1.30. The molecule has 0 radical (unpaired) electrons. The molecular weight excluding hydrogens is 491 g/mol. The van der Waals surface area contributed by atoms with Gasteiger partial charge in [0.1, 0.15) is 25.4 Å². The molecule has 0 aliphatic heterocycles. The summed E-state index contributed by atoms with van der Waals surface area (Å²) in [6, 6.07) is 19.2. The van der Waals surface area contributed by atoms with E-state index in [-0.39, 0.29) is 30.2 Å². The molecule has 0 aromatic heterocycles. The average molecular weight is 544 g/mol. The van der Waals surface area contributed by atoms with Crippen LogP contribution in [0.1, 0.15) is 52.2 Å². The Morgan fingerprint density at radius 1 is 0.778 bits per heavy atom. The van der Waals surface area contributed by atoms with Crippen LogP contribution in [0.3, 0.4) is 0 Å². The largest absolute Gasteiger partial charge is 1.00 e. The fraction of sp³-hybridized carbons (Fsp3) is 0.600. The van der Waals surface area contributed by atoms with Crippen molar-refractivity contribution in [3.8, 4) is 5.75 Å². The second kappa shape index (κ2) is 17.3. The van der Waals surface area contributed by atoms with E-state index in [0.29, 0.717) is 18.6 Å². The Kier molecular flexibility index (Phi) is 17.7. The van der Waals surface area contributed by atoms with Crippen LogP contribution in [0.2, 0.25) is 0 Å². The van der Waals surface area contributed by atoms with Crippen molar-refractivity contribution in [2.75, 3.05) is 61.6 Å². The third-order valence-electron chi connectivity index (χ3n) is 5.40. The summed E-state index contributed by atoms with van der Waals surface area (Å²) in [5.41, 5.74) is 3.19. The van der Waals surface area contributed by atoms with E-state index in [4.69, 9.17) is 9.47 Å². The van der Waals surface area contributed by atoms with Gasteiger partial charge in [0.05, 0.1) is 27.3 Å². The van der Waals surface area contributed by atoms with E-state index in [9.17, 15) is 0 Å². The Balaban J connectivity index is 0. The molecule has 208 valence electrons. The van der Waals surface area contributed by atoms with Crippen LogP contribution in [0, 0.1) is 5.41 Å².